The Kier molecular flexibility index (Phi) is 10.2. The van der Waals surface area contributed by atoms with Gasteiger partial charge in [0.05, 0.1) is 11.9 Å². The van der Waals surface area contributed by atoms with Gasteiger partial charge in [-0.05, 0) is 62.4 Å². The number of hydrogen-bond donors (Lipinski definition) is 1. The second-order valence-electron chi connectivity index (χ2n) is 9.40. The van der Waals surface area contributed by atoms with E-state index in [1.165, 1.54) is 4.31 Å². The molecule has 1 N–H and O–H groups in total. The second kappa shape index (κ2) is 13.1. The molecule has 0 spiro atoms. The summed E-state index contributed by atoms with van der Waals surface area (Å²) in [5.41, 5.74) is 1.59. The first-order chi connectivity index (χ1) is 17.1. The topological polar surface area (TPSA) is 86.8 Å². The predicted octanol–water partition coefficient (Wildman–Crippen LogP) is 4.40. The Morgan fingerprint density at radius 1 is 1.03 bits per heavy atom. The van der Waals surface area contributed by atoms with Crippen molar-refractivity contribution in [3.05, 3.63) is 65.2 Å². The summed E-state index contributed by atoms with van der Waals surface area (Å²) in [6, 6.07) is 16.0. The minimum atomic E-state index is -3.54. The molecule has 9 heteroatoms. The van der Waals surface area contributed by atoms with Crippen molar-refractivity contribution in [2.24, 2.45) is 0 Å². The summed E-state index contributed by atoms with van der Waals surface area (Å²) in [6.07, 6.45) is 6.41. The van der Waals surface area contributed by atoms with E-state index in [0.29, 0.717) is 30.1 Å². The smallest absolute Gasteiger partial charge is 0.242 e. The van der Waals surface area contributed by atoms with Crippen LogP contribution in [0.2, 0.25) is 5.02 Å². The molecule has 196 valence electrons. The lowest BCUT2D eigenvalue weighted by Gasteiger charge is -2.30. The van der Waals surface area contributed by atoms with Crippen LogP contribution < -0.4 is 9.62 Å². The average molecular weight is 534 g/mol. The van der Waals surface area contributed by atoms with Crippen molar-refractivity contribution in [3.8, 4) is 0 Å². The third-order valence-corrected chi connectivity index (χ3v) is 8.07. The van der Waals surface area contributed by atoms with Gasteiger partial charge in [0, 0.05) is 30.6 Å². The van der Waals surface area contributed by atoms with Gasteiger partial charge in [-0.1, -0.05) is 54.8 Å². The molecular formula is C27H36ClN3O4S. The minimum Gasteiger partial charge on any atom is -0.352 e. The standard InChI is InChI=1S/C27H36ClN3O4S/c1-21(27(33)29-24-11-6-7-12-24)30(20-18-22-9-4-3-5-10-22)26(32)13-8-19-31(36(2,34)35)25-16-14-23(28)15-17-25/h3-5,9-10,14-17,21,24H,6-8,11-13,18-20H2,1-2H3,(H,29,33)/t21-/m1/s1. The average Bonchev–Trinajstić information content (AvgIpc) is 3.35. The van der Waals surface area contributed by atoms with Crippen molar-refractivity contribution >= 4 is 39.1 Å². The molecule has 7 nitrogen and oxygen atoms in total. The van der Waals surface area contributed by atoms with Crippen LogP contribution in [0.5, 0.6) is 0 Å². The van der Waals surface area contributed by atoms with Gasteiger partial charge in [0.15, 0.2) is 0 Å². The van der Waals surface area contributed by atoms with Gasteiger partial charge in [0.25, 0.3) is 0 Å². The predicted molar refractivity (Wildman–Crippen MR) is 145 cm³/mol. The molecule has 3 rings (SSSR count). The second-order valence-corrected chi connectivity index (χ2v) is 11.7. The van der Waals surface area contributed by atoms with Crippen LogP contribution in [0.15, 0.2) is 54.6 Å². The molecule has 2 aromatic rings. The number of hydrogen-bond acceptors (Lipinski definition) is 4. The molecule has 0 saturated heterocycles. The van der Waals surface area contributed by atoms with E-state index in [-0.39, 0.29) is 30.8 Å². The lowest BCUT2D eigenvalue weighted by Crippen LogP contribution is -2.50. The number of carbonyl (C=O) groups excluding carboxylic acids is 2. The molecule has 0 bridgehead atoms. The number of nitrogens with one attached hydrogen (secondary N) is 1. The highest BCUT2D eigenvalue weighted by atomic mass is 35.5. The van der Waals surface area contributed by atoms with Crippen LogP contribution in [-0.4, -0.2) is 56.6 Å². The maximum atomic E-state index is 13.3. The van der Waals surface area contributed by atoms with Gasteiger partial charge in [-0.25, -0.2) is 8.42 Å². The van der Waals surface area contributed by atoms with Gasteiger partial charge in [-0.2, -0.15) is 0 Å². The van der Waals surface area contributed by atoms with E-state index < -0.39 is 16.1 Å². The molecule has 1 aliphatic carbocycles. The summed E-state index contributed by atoms with van der Waals surface area (Å²) in [4.78, 5) is 27.9. The molecule has 2 aromatic carbocycles. The fourth-order valence-electron chi connectivity index (χ4n) is 4.57. The van der Waals surface area contributed by atoms with Gasteiger partial charge in [-0.15, -0.1) is 0 Å². The zero-order chi connectivity index (χ0) is 26.1. The van der Waals surface area contributed by atoms with Gasteiger partial charge in [-0.3, -0.25) is 13.9 Å². The molecule has 1 fully saturated rings. The van der Waals surface area contributed by atoms with E-state index >= 15 is 0 Å². The number of amides is 2. The third-order valence-electron chi connectivity index (χ3n) is 6.62. The molecule has 1 saturated carbocycles. The largest absolute Gasteiger partial charge is 0.352 e. The lowest BCUT2D eigenvalue weighted by molar-refractivity contribution is -0.140. The Hall–Kier alpha value is -2.58. The highest BCUT2D eigenvalue weighted by Gasteiger charge is 2.28. The minimum absolute atomic E-state index is 0.134. The van der Waals surface area contributed by atoms with E-state index in [0.717, 1.165) is 37.5 Å². The summed E-state index contributed by atoms with van der Waals surface area (Å²) in [6.45, 7) is 2.33. The summed E-state index contributed by atoms with van der Waals surface area (Å²) in [5, 5.41) is 3.62. The molecule has 1 aliphatic rings. The van der Waals surface area contributed by atoms with Crippen LogP contribution in [0, 0.1) is 0 Å². The number of rotatable bonds is 12. The van der Waals surface area contributed by atoms with E-state index in [4.69, 9.17) is 11.6 Å². The van der Waals surface area contributed by atoms with Gasteiger partial charge in [0.1, 0.15) is 6.04 Å². The van der Waals surface area contributed by atoms with Gasteiger partial charge >= 0.3 is 0 Å². The Labute approximate surface area is 219 Å². The normalized spacial score (nSPS) is 14.9. The van der Waals surface area contributed by atoms with Crippen LogP contribution in [-0.2, 0) is 26.0 Å². The van der Waals surface area contributed by atoms with Crippen molar-refractivity contribution in [1.29, 1.82) is 0 Å². The quantitative estimate of drug-likeness (QED) is 0.438. The monoisotopic (exact) mass is 533 g/mol. The van der Waals surface area contributed by atoms with Crippen molar-refractivity contribution in [1.82, 2.24) is 10.2 Å². The first-order valence-corrected chi connectivity index (χ1v) is 14.7. The highest BCUT2D eigenvalue weighted by molar-refractivity contribution is 7.92. The highest BCUT2D eigenvalue weighted by Crippen LogP contribution is 2.22. The Morgan fingerprint density at radius 2 is 1.67 bits per heavy atom. The Balaban J connectivity index is 1.66. The molecule has 0 heterocycles. The van der Waals surface area contributed by atoms with Crippen molar-refractivity contribution < 1.29 is 18.0 Å². The zero-order valence-corrected chi connectivity index (χ0v) is 22.6. The van der Waals surface area contributed by atoms with Crippen molar-refractivity contribution in [2.45, 2.75) is 64.0 Å². The maximum Gasteiger partial charge on any atom is 0.242 e. The molecule has 0 aromatic heterocycles. The summed E-state index contributed by atoms with van der Waals surface area (Å²) >= 11 is 5.94. The van der Waals surface area contributed by atoms with E-state index in [2.05, 4.69) is 5.32 Å². The van der Waals surface area contributed by atoms with E-state index in [9.17, 15) is 18.0 Å². The number of nitrogens with zero attached hydrogens (tertiary/aromatic N) is 2. The number of benzene rings is 2. The van der Waals surface area contributed by atoms with Crippen LogP contribution in [0.25, 0.3) is 0 Å². The molecule has 2 amide bonds. The summed E-state index contributed by atoms with van der Waals surface area (Å²) in [7, 11) is -3.54. The molecule has 0 aliphatic heterocycles. The first kappa shape index (κ1) is 28.0. The number of halogens is 1. The van der Waals surface area contributed by atoms with Gasteiger partial charge in [0.2, 0.25) is 21.8 Å². The SMILES string of the molecule is C[C@H](C(=O)NC1CCCC1)N(CCc1ccccc1)C(=O)CCCN(c1ccc(Cl)cc1)S(C)(=O)=O. The summed E-state index contributed by atoms with van der Waals surface area (Å²) in [5.74, 6) is -0.299. The third kappa shape index (κ3) is 8.23. The van der Waals surface area contributed by atoms with Crippen LogP contribution in [0.4, 0.5) is 5.69 Å². The fourth-order valence-corrected chi connectivity index (χ4v) is 5.66. The Morgan fingerprint density at radius 3 is 2.28 bits per heavy atom. The van der Waals surface area contributed by atoms with Crippen molar-refractivity contribution in [2.75, 3.05) is 23.7 Å². The van der Waals surface area contributed by atoms with Crippen LogP contribution in [0.3, 0.4) is 0 Å². The summed E-state index contributed by atoms with van der Waals surface area (Å²) < 4.78 is 26.1. The molecule has 36 heavy (non-hydrogen) atoms. The first-order valence-electron chi connectivity index (χ1n) is 12.5. The number of sulfonamides is 1. The maximum absolute atomic E-state index is 13.3. The van der Waals surface area contributed by atoms with E-state index in [1.807, 2.05) is 30.3 Å². The molecular weight excluding hydrogens is 498 g/mol. The van der Waals surface area contributed by atoms with Gasteiger partial charge < -0.3 is 10.2 Å². The fraction of sp³-hybridized carbons (Fsp3) is 0.481. The lowest BCUT2D eigenvalue weighted by atomic mass is 10.1. The zero-order valence-electron chi connectivity index (χ0n) is 21.0. The van der Waals surface area contributed by atoms with Crippen LogP contribution in [0.1, 0.15) is 51.0 Å². The molecule has 0 unspecified atom stereocenters. The number of carbonyl (C=O) groups is 2. The van der Waals surface area contributed by atoms with Crippen molar-refractivity contribution in [3.63, 3.8) is 0 Å². The Bertz CT molecular complexity index is 1100. The van der Waals surface area contributed by atoms with Crippen LogP contribution >= 0.6 is 11.6 Å². The molecule has 0 radical (unpaired) electrons. The molecule has 1 atom stereocenters. The van der Waals surface area contributed by atoms with E-state index in [1.54, 1.807) is 36.1 Å². The number of anilines is 1.